The van der Waals surface area contributed by atoms with Gasteiger partial charge in [0.1, 0.15) is 12.2 Å². The predicted molar refractivity (Wildman–Crippen MR) is 129 cm³/mol. The topological polar surface area (TPSA) is 72.8 Å². The molecule has 2 unspecified atom stereocenters. The van der Waals surface area contributed by atoms with Crippen LogP contribution in [0.15, 0.2) is 0 Å². The van der Waals surface area contributed by atoms with Crippen molar-refractivity contribution in [2.24, 2.45) is 17.8 Å². The highest BCUT2D eigenvalue weighted by molar-refractivity contribution is 5.66. The summed E-state index contributed by atoms with van der Waals surface area (Å²) in [5, 5.41) is 8.87. The number of hydrogen-bond acceptors (Lipinski definition) is 5. The number of ether oxygens (including phenoxy) is 2. The number of aliphatic hydroxyl groups is 1. The van der Waals surface area contributed by atoms with Gasteiger partial charge in [-0.25, -0.2) is 0 Å². The maximum atomic E-state index is 10.5. The minimum absolute atomic E-state index is 0.00257. The van der Waals surface area contributed by atoms with Crippen LogP contribution >= 0.6 is 0 Å². The molecule has 5 heteroatoms. The molecule has 0 bridgehead atoms. The number of carbonyl (C=O) groups is 2. The van der Waals surface area contributed by atoms with E-state index in [0.717, 1.165) is 77.0 Å². The first-order valence-electron chi connectivity index (χ1n) is 12.1. The Morgan fingerprint density at radius 1 is 0.727 bits per heavy atom. The molecule has 3 aliphatic carbocycles. The van der Waals surface area contributed by atoms with E-state index in [9.17, 15) is 9.59 Å². The zero-order valence-electron chi connectivity index (χ0n) is 20.3. The number of terminal acetylenes is 3. The highest BCUT2D eigenvalue weighted by atomic mass is 16.6. The lowest BCUT2D eigenvalue weighted by molar-refractivity contribution is -0.143. The van der Waals surface area contributed by atoms with Crippen molar-refractivity contribution < 1.29 is 24.2 Å². The molecular formula is C28H40O5. The number of rotatable bonds is 11. The number of aliphatic hydroxyl groups excluding tert-OH is 1. The molecule has 0 aromatic carbocycles. The van der Waals surface area contributed by atoms with E-state index >= 15 is 0 Å². The Morgan fingerprint density at radius 2 is 1.06 bits per heavy atom. The first kappa shape index (κ1) is 28.6. The number of unbranched alkanes of at least 4 members (excludes halogenated alkanes) is 3. The smallest absolute Gasteiger partial charge is 0.302 e. The van der Waals surface area contributed by atoms with Gasteiger partial charge in [0.05, 0.1) is 6.10 Å². The third-order valence-corrected chi connectivity index (χ3v) is 5.92. The van der Waals surface area contributed by atoms with Gasteiger partial charge < -0.3 is 14.6 Å². The van der Waals surface area contributed by atoms with Crippen LogP contribution in [0.1, 0.15) is 90.9 Å². The molecule has 0 spiro atoms. The fourth-order valence-corrected chi connectivity index (χ4v) is 3.70. The molecule has 5 nitrogen and oxygen atoms in total. The summed E-state index contributed by atoms with van der Waals surface area (Å²) in [6.45, 7) is 2.91. The molecule has 0 aromatic heterocycles. The number of hydrogen-bond donors (Lipinski definition) is 1. The molecule has 3 aliphatic rings. The molecule has 3 rings (SSSR count). The zero-order valence-corrected chi connectivity index (χ0v) is 20.3. The van der Waals surface area contributed by atoms with Gasteiger partial charge in [0, 0.05) is 33.1 Å². The quantitative estimate of drug-likeness (QED) is 0.278. The number of carbonyl (C=O) groups excluding carboxylic acids is 2. The Morgan fingerprint density at radius 3 is 1.33 bits per heavy atom. The van der Waals surface area contributed by atoms with E-state index in [0.29, 0.717) is 17.8 Å². The maximum absolute atomic E-state index is 10.5. The van der Waals surface area contributed by atoms with Gasteiger partial charge in [0.2, 0.25) is 0 Å². The second kappa shape index (κ2) is 16.2. The van der Waals surface area contributed by atoms with E-state index < -0.39 is 0 Å². The molecular weight excluding hydrogens is 416 g/mol. The monoisotopic (exact) mass is 456 g/mol. The second-order valence-electron chi connectivity index (χ2n) is 9.14. The van der Waals surface area contributed by atoms with Crippen molar-refractivity contribution in [1.29, 1.82) is 0 Å². The van der Waals surface area contributed by atoms with E-state index in [2.05, 4.69) is 17.8 Å². The van der Waals surface area contributed by atoms with Crippen LogP contribution in [0.5, 0.6) is 0 Å². The van der Waals surface area contributed by atoms with Gasteiger partial charge >= 0.3 is 11.9 Å². The summed E-state index contributed by atoms with van der Waals surface area (Å²) >= 11 is 0. The standard InChI is InChI=1S/2C10H14O2.C8H12O/c2*1-3-4-5-6-9-7-10(9)12-8(2)11;1-2-3-4-5-7-6-8(7)9/h2*1,9-10H,4-7H2,2H3;1,7-9H,3-6H2/t9?,10-;9-,10-;7?,8-/m101/s1. The summed E-state index contributed by atoms with van der Waals surface area (Å²) in [5.41, 5.74) is 0. The number of esters is 2. The van der Waals surface area contributed by atoms with Gasteiger partial charge in [-0.3, -0.25) is 9.59 Å². The fraction of sp³-hybridized carbons (Fsp3) is 0.714. The van der Waals surface area contributed by atoms with Crippen LogP contribution in [0, 0.1) is 54.8 Å². The van der Waals surface area contributed by atoms with Crippen molar-refractivity contribution in [3.05, 3.63) is 0 Å². The normalized spacial score (nSPS) is 27.5. The lowest BCUT2D eigenvalue weighted by Crippen LogP contribution is -2.02. The zero-order chi connectivity index (χ0) is 24.6. The minimum atomic E-state index is -0.167. The fourth-order valence-electron chi connectivity index (χ4n) is 3.70. The van der Waals surface area contributed by atoms with Crippen LogP contribution in [0.4, 0.5) is 0 Å². The van der Waals surface area contributed by atoms with E-state index in [-0.39, 0.29) is 30.3 Å². The van der Waals surface area contributed by atoms with Crippen LogP contribution in [-0.4, -0.2) is 35.4 Å². The summed E-state index contributed by atoms with van der Waals surface area (Å²) in [6.07, 6.45) is 27.8. The van der Waals surface area contributed by atoms with E-state index in [4.69, 9.17) is 33.9 Å². The Kier molecular flexibility index (Phi) is 14.1. The molecule has 1 N–H and O–H groups in total. The van der Waals surface area contributed by atoms with Gasteiger partial charge in [-0.1, -0.05) is 0 Å². The van der Waals surface area contributed by atoms with Crippen molar-refractivity contribution in [3.8, 4) is 37.0 Å². The Balaban J connectivity index is 0.000000250. The van der Waals surface area contributed by atoms with Crippen LogP contribution in [0.3, 0.4) is 0 Å². The molecule has 0 amide bonds. The maximum Gasteiger partial charge on any atom is 0.302 e. The van der Waals surface area contributed by atoms with Gasteiger partial charge in [0.15, 0.2) is 0 Å². The summed E-state index contributed by atoms with van der Waals surface area (Å²) < 4.78 is 10.0. The van der Waals surface area contributed by atoms with Crippen molar-refractivity contribution in [2.75, 3.05) is 0 Å². The van der Waals surface area contributed by atoms with E-state index in [1.807, 2.05) is 0 Å². The summed E-state index contributed by atoms with van der Waals surface area (Å²) in [4.78, 5) is 21.0. The third-order valence-electron chi connectivity index (χ3n) is 5.92. The summed E-state index contributed by atoms with van der Waals surface area (Å²) in [6, 6.07) is 0. The highest BCUT2D eigenvalue weighted by Crippen LogP contribution is 2.38. The van der Waals surface area contributed by atoms with Crippen LogP contribution in [-0.2, 0) is 19.1 Å². The Bertz CT molecular complexity index is 676. The summed E-state index contributed by atoms with van der Waals surface area (Å²) in [5.74, 6) is 9.20. The Labute approximate surface area is 200 Å². The highest BCUT2D eigenvalue weighted by Gasteiger charge is 2.39. The molecule has 6 atom stereocenters. The van der Waals surface area contributed by atoms with Gasteiger partial charge in [-0.15, -0.1) is 37.0 Å². The molecule has 0 saturated heterocycles. The first-order valence-corrected chi connectivity index (χ1v) is 12.1. The summed E-state index contributed by atoms with van der Waals surface area (Å²) in [7, 11) is 0. The van der Waals surface area contributed by atoms with Crippen LogP contribution in [0.25, 0.3) is 0 Å². The molecule has 3 fully saturated rings. The Hall–Kier alpha value is -2.42. The third kappa shape index (κ3) is 15.1. The second-order valence-corrected chi connectivity index (χ2v) is 9.14. The average molecular weight is 457 g/mol. The lowest BCUT2D eigenvalue weighted by Gasteiger charge is -1.98. The van der Waals surface area contributed by atoms with Gasteiger partial charge in [-0.2, -0.15) is 0 Å². The van der Waals surface area contributed by atoms with Crippen molar-refractivity contribution >= 4 is 11.9 Å². The van der Waals surface area contributed by atoms with Crippen molar-refractivity contribution in [1.82, 2.24) is 0 Å². The first-order chi connectivity index (χ1) is 15.8. The average Bonchev–Trinajstić information content (AvgIpc) is 3.68. The lowest BCUT2D eigenvalue weighted by atomic mass is 10.2. The van der Waals surface area contributed by atoms with Gasteiger partial charge in [0.25, 0.3) is 0 Å². The predicted octanol–water partition coefficient (Wildman–Crippen LogP) is 4.65. The van der Waals surface area contributed by atoms with Crippen LogP contribution in [0.2, 0.25) is 0 Å². The molecule has 0 aromatic rings. The largest absolute Gasteiger partial charge is 0.462 e. The van der Waals surface area contributed by atoms with Crippen molar-refractivity contribution in [2.45, 2.75) is 109 Å². The minimum Gasteiger partial charge on any atom is -0.462 e. The molecule has 3 saturated carbocycles. The van der Waals surface area contributed by atoms with Gasteiger partial charge in [-0.05, 0) is 75.5 Å². The van der Waals surface area contributed by atoms with Crippen molar-refractivity contribution in [3.63, 3.8) is 0 Å². The van der Waals surface area contributed by atoms with E-state index in [1.54, 1.807) is 0 Å². The molecule has 0 heterocycles. The SMILES string of the molecule is C#CCCCC1C[C@H]1O.C#CCCCC1C[C@H]1OC(C)=O.C#CCCC[C@H]1C[C@@H]1OC(C)=O. The molecule has 182 valence electrons. The van der Waals surface area contributed by atoms with Crippen LogP contribution < -0.4 is 0 Å². The molecule has 0 radical (unpaired) electrons. The molecule has 33 heavy (non-hydrogen) atoms. The molecule has 0 aliphatic heterocycles. The van der Waals surface area contributed by atoms with E-state index in [1.165, 1.54) is 13.8 Å².